The minimum Gasteiger partial charge on any atom is -0.489 e. The highest BCUT2D eigenvalue weighted by Gasteiger charge is 2.32. The summed E-state index contributed by atoms with van der Waals surface area (Å²) in [5.41, 5.74) is 4.11. The van der Waals surface area contributed by atoms with Gasteiger partial charge >= 0.3 is 0 Å². The molecule has 2 heterocycles. The number of hydrogen-bond acceptors (Lipinski definition) is 6. The van der Waals surface area contributed by atoms with Gasteiger partial charge in [0.2, 0.25) is 0 Å². The van der Waals surface area contributed by atoms with Crippen LogP contribution in [-0.2, 0) is 0 Å². The highest BCUT2D eigenvalue weighted by molar-refractivity contribution is 8.07. The molecule has 1 aliphatic rings. The standard InChI is InChI=1S/C15H25N3OS2/c1-4-13-15(21-6-5-20-13)14(18-16)11-7-12(9-17-8-11)19-10(2)3/h7-10,13-15,18H,4-6,16H2,1-3H3. The van der Waals surface area contributed by atoms with Crippen molar-refractivity contribution >= 4 is 23.5 Å². The molecule has 3 atom stereocenters. The summed E-state index contributed by atoms with van der Waals surface area (Å²) in [7, 11) is 0. The second kappa shape index (κ2) is 8.27. The Labute approximate surface area is 136 Å². The van der Waals surface area contributed by atoms with Crippen molar-refractivity contribution < 1.29 is 4.74 Å². The van der Waals surface area contributed by atoms with E-state index in [2.05, 4.69) is 35.2 Å². The van der Waals surface area contributed by atoms with Crippen LogP contribution in [0.2, 0.25) is 0 Å². The van der Waals surface area contributed by atoms with Gasteiger partial charge in [0.25, 0.3) is 0 Å². The van der Waals surface area contributed by atoms with Crippen molar-refractivity contribution in [1.82, 2.24) is 10.4 Å². The molecular formula is C15H25N3OS2. The van der Waals surface area contributed by atoms with Gasteiger partial charge in [-0.1, -0.05) is 6.92 Å². The van der Waals surface area contributed by atoms with Crippen LogP contribution in [0.15, 0.2) is 18.5 Å². The molecule has 4 nitrogen and oxygen atoms in total. The first kappa shape index (κ1) is 16.9. The fraction of sp³-hybridized carbons (Fsp3) is 0.667. The number of aromatic nitrogens is 1. The van der Waals surface area contributed by atoms with Crippen LogP contribution in [0, 0.1) is 0 Å². The van der Waals surface area contributed by atoms with Gasteiger partial charge in [-0.05, 0) is 31.9 Å². The number of pyridine rings is 1. The Morgan fingerprint density at radius 3 is 2.81 bits per heavy atom. The lowest BCUT2D eigenvalue weighted by Gasteiger charge is -2.35. The van der Waals surface area contributed by atoms with Crippen molar-refractivity contribution in [3.63, 3.8) is 0 Å². The highest BCUT2D eigenvalue weighted by atomic mass is 32.2. The average Bonchev–Trinajstić information content (AvgIpc) is 2.48. The van der Waals surface area contributed by atoms with Crippen LogP contribution in [0.1, 0.15) is 38.8 Å². The van der Waals surface area contributed by atoms with E-state index in [4.69, 9.17) is 10.6 Å². The summed E-state index contributed by atoms with van der Waals surface area (Å²) < 4.78 is 5.75. The summed E-state index contributed by atoms with van der Waals surface area (Å²) in [6.45, 7) is 6.29. The van der Waals surface area contributed by atoms with E-state index in [1.165, 1.54) is 11.5 Å². The van der Waals surface area contributed by atoms with Crippen LogP contribution in [0.3, 0.4) is 0 Å². The molecule has 0 saturated carbocycles. The second-order valence-electron chi connectivity index (χ2n) is 5.42. The number of hydrazine groups is 1. The van der Waals surface area contributed by atoms with E-state index >= 15 is 0 Å². The molecule has 1 aromatic rings. The molecule has 21 heavy (non-hydrogen) atoms. The van der Waals surface area contributed by atoms with Gasteiger partial charge in [0.1, 0.15) is 5.75 Å². The van der Waals surface area contributed by atoms with E-state index in [9.17, 15) is 0 Å². The normalized spacial score (nSPS) is 24.0. The van der Waals surface area contributed by atoms with Crippen LogP contribution in [0.25, 0.3) is 0 Å². The molecule has 1 aromatic heterocycles. The van der Waals surface area contributed by atoms with Crippen molar-refractivity contribution in [2.24, 2.45) is 5.84 Å². The Kier molecular flexibility index (Phi) is 6.67. The lowest BCUT2D eigenvalue weighted by atomic mass is 10.0. The van der Waals surface area contributed by atoms with Gasteiger partial charge in [0.15, 0.2) is 0 Å². The summed E-state index contributed by atoms with van der Waals surface area (Å²) in [6, 6.07) is 2.17. The van der Waals surface area contributed by atoms with Gasteiger partial charge in [-0.3, -0.25) is 16.3 Å². The van der Waals surface area contributed by atoms with Crippen LogP contribution >= 0.6 is 23.5 Å². The maximum absolute atomic E-state index is 5.86. The van der Waals surface area contributed by atoms with E-state index in [-0.39, 0.29) is 12.1 Å². The molecule has 1 aliphatic heterocycles. The van der Waals surface area contributed by atoms with E-state index in [0.717, 1.165) is 17.7 Å². The molecule has 0 aromatic carbocycles. The van der Waals surface area contributed by atoms with Gasteiger partial charge in [0, 0.05) is 28.2 Å². The predicted octanol–water partition coefficient (Wildman–Crippen LogP) is 3.00. The molecule has 3 N–H and O–H groups in total. The first-order valence-corrected chi connectivity index (χ1v) is 9.56. The van der Waals surface area contributed by atoms with Crippen LogP contribution < -0.4 is 16.0 Å². The molecule has 3 unspecified atom stereocenters. The molecular weight excluding hydrogens is 302 g/mol. The fourth-order valence-electron chi connectivity index (χ4n) is 2.57. The summed E-state index contributed by atoms with van der Waals surface area (Å²) in [5, 5.41) is 1.09. The van der Waals surface area contributed by atoms with Crippen molar-refractivity contribution in [3.8, 4) is 5.75 Å². The number of hydrogen-bond donors (Lipinski definition) is 2. The first-order valence-electron chi connectivity index (χ1n) is 7.46. The molecule has 118 valence electrons. The van der Waals surface area contributed by atoms with Gasteiger partial charge in [-0.15, -0.1) is 0 Å². The third-order valence-electron chi connectivity index (χ3n) is 3.47. The number of nitrogens with zero attached hydrogens (tertiary/aromatic N) is 1. The number of ether oxygens (including phenoxy) is 1. The van der Waals surface area contributed by atoms with E-state index in [1.54, 1.807) is 6.20 Å². The number of nitrogens with one attached hydrogen (secondary N) is 1. The number of thioether (sulfide) groups is 2. The first-order chi connectivity index (χ1) is 10.2. The lowest BCUT2D eigenvalue weighted by molar-refractivity contribution is 0.241. The molecule has 1 saturated heterocycles. The average molecular weight is 328 g/mol. The van der Waals surface area contributed by atoms with Crippen molar-refractivity contribution in [2.45, 2.75) is 49.8 Å². The maximum Gasteiger partial charge on any atom is 0.138 e. The van der Waals surface area contributed by atoms with Crippen molar-refractivity contribution in [2.75, 3.05) is 11.5 Å². The van der Waals surface area contributed by atoms with Crippen LogP contribution in [0.4, 0.5) is 0 Å². The van der Waals surface area contributed by atoms with Crippen LogP contribution in [0.5, 0.6) is 5.75 Å². The zero-order chi connectivity index (χ0) is 15.2. The molecule has 0 spiro atoms. The van der Waals surface area contributed by atoms with Gasteiger partial charge in [-0.25, -0.2) is 0 Å². The third-order valence-corrected chi connectivity index (χ3v) is 6.82. The zero-order valence-electron chi connectivity index (χ0n) is 12.9. The molecule has 0 bridgehead atoms. The fourth-order valence-corrected chi connectivity index (χ4v) is 5.80. The minimum atomic E-state index is 0.107. The molecule has 2 rings (SSSR count). The molecule has 0 radical (unpaired) electrons. The minimum absolute atomic E-state index is 0.107. The maximum atomic E-state index is 5.86. The summed E-state index contributed by atoms with van der Waals surface area (Å²) >= 11 is 4.07. The van der Waals surface area contributed by atoms with Gasteiger partial charge in [0.05, 0.1) is 18.3 Å². The Bertz CT molecular complexity index is 445. The third kappa shape index (κ3) is 4.52. The Morgan fingerprint density at radius 1 is 1.38 bits per heavy atom. The summed E-state index contributed by atoms with van der Waals surface area (Å²) in [6.07, 6.45) is 4.96. The van der Waals surface area contributed by atoms with Crippen molar-refractivity contribution in [3.05, 3.63) is 24.0 Å². The number of rotatable bonds is 6. The lowest BCUT2D eigenvalue weighted by Crippen LogP contribution is -2.41. The Morgan fingerprint density at radius 2 is 2.14 bits per heavy atom. The van der Waals surface area contributed by atoms with Gasteiger partial charge < -0.3 is 4.74 Å². The van der Waals surface area contributed by atoms with E-state index < -0.39 is 0 Å². The Hall–Kier alpha value is -0.430. The van der Waals surface area contributed by atoms with Gasteiger partial charge in [-0.2, -0.15) is 23.5 Å². The second-order valence-corrected chi connectivity index (χ2v) is 8.05. The monoisotopic (exact) mass is 327 g/mol. The highest BCUT2D eigenvalue weighted by Crippen LogP contribution is 2.40. The summed E-state index contributed by atoms with van der Waals surface area (Å²) in [5.74, 6) is 9.08. The largest absolute Gasteiger partial charge is 0.489 e. The Balaban J connectivity index is 2.19. The topological polar surface area (TPSA) is 60.2 Å². The van der Waals surface area contributed by atoms with E-state index in [1.807, 2.05) is 31.8 Å². The number of nitrogens with two attached hydrogens (primary N) is 1. The van der Waals surface area contributed by atoms with Crippen LogP contribution in [-0.4, -0.2) is 33.1 Å². The summed E-state index contributed by atoms with van der Waals surface area (Å²) in [4.78, 5) is 4.32. The van der Waals surface area contributed by atoms with Crippen molar-refractivity contribution in [1.29, 1.82) is 0 Å². The molecule has 0 aliphatic carbocycles. The smallest absolute Gasteiger partial charge is 0.138 e. The molecule has 1 fully saturated rings. The molecule has 6 heteroatoms. The quantitative estimate of drug-likeness (QED) is 0.619. The molecule has 0 amide bonds. The zero-order valence-corrected chi connectivity index (χ0v) is 14.5. The van der Waals surface area contributed by atoms with E-state index in [0.29, 0.717) is 10.5 Å². The SMILES string of the molecule is CCC1SCCSC1C(NN)c1cncc(OC(C)C)c1. The predicted molar refractivity (Wildman–Crippen MR) is 92.8 cm³/mol.